The van der Waals surface area contributed by atoms with Crippen LogP contribution in [0.25, 0.3) is 0 Å². The number of carbonyl (C=O) groups is 1. The smallest absolute Gasteiger partial charge is 0.390 e. The van der Waals surface area contributed by atoms with Crippen LogP contribution in [0.1, 0.15) is 72.1 Å². The van der Waals surface area contributed by atoms with Gasteiger partial charge in [-0.15, -0.1) is 0 Å². The van der Waals surface area contributed by atoms with E-state index in [1.165, 1.54) is 6.92 Å². The summed E-state index contributed by atoms with van der Waals surface area (Å²) in [5.74, 6) is -1.60. The van der Waals surface area contributed by atoms with Crippen LogP contribution in [0.15, 0.2) is 0 Å². The van der Waals surface area contributed by atoms with Crippen LogP contribution in [0.3, 0.4) is 0 Å². The molecule has 4 rings (SSSR count). The van der Waals surface area contributed by atoms with Crippen molar-refractivity contribution in [2.45, 2.75) is 115 Å². The van der Waals surface area contributed by atoms with Gasteiger partial charge in [0.1, 0.15) is 5.78 Å². The molecule has 0 aliphatic heterocycles. The molecule has 12 heteroatoms. The Morgan fingerprint density at radius 2 is 1.46 bits per heavy atom. The molecular weight excluding hydrogens is 537 g/mol. The van der Waals surface area contributed by atoms with Gasteiger partial charge >= 0.3 is 18.0 Å². The molecule has 4 saturated carbocycles. The summed E-state index contributed by atoms with van der Waals surface area (Å²) in [6.07, 6.45) is -18.3. The fourth-order valence-corrected chi connectivity index (χ4v) is 9.37. The summed E-state index contributed by atoms with van der Waals surface area (Å²) in [5.41, 5.74) is -6.66. The van der Waals surface area contributed by atoms with E-state index in [1.54, 1.807) is 0 Å². The summed E-state index contributed by atoms with van der Waals surface area (Å²) in [6.45, 7) is 5.41. The predicted molar refractivity (Wildman–Crippen MR) is 125 cm³/mol. The maximum absolute atomic E-state index is 14.3. The quantitative estimate of drug-likeness (QED) is 0.355. The van der Waals surface area contributed by atoms with E-state index in [0.717, 1.165) is 0 Å². The highest BCUT2D eigenvalue weighted by molar-refractivity contribution is 5.83. The number of aliphatic hydroxyl groups is 4. The summed E-state index contributed by atoms with van der Waals surface area (Å²) in [6, 6.07) is 0. The van der Waals surface area contributed by atoms with Gasteiger partial charge in [-0.2, -0.15) is 26.3 Å². The molecule has 226 valence electrons. The van der Waals surface area contributed by atoms with E-state index in [1.807, 2.05) is 13.8 Å². The third-order valence-electron chi connectivity index (χ3n) is 11.5. The van der Waals surface area contributed by atoms with Crippen LogP contribution in [-0.4, -0.2) is 68.6 Å². The van der Waals surface area contributed by atoms with Gasteiger partial charge in [0.05, 0.1) is 24.4 Å². The number of aliphatic hydroxyl groups excluding tert-OH is 4. The van der Waals surface area contributed by atoms with E-state index in [2.05, 4.69) is 0 Å². The average Bonchev–Trinajstić information content (AvgIpc) is 3.15. The van der Waals surface area contributed by atoms with Gasteiger partial charge in [0.25, 0.3) is 0 Å². The minimum absolute atomic E-state index is 0.00984. The molecule has 0 bridgehead atoms. The zero-order valence-corrected chi connectivity index (χ0v) is 22.3. The molecule has 4 fully saturated rings. The first-order valence-corrected chi connectivity index (χ1v) is 13.8. The molecule has 0 aromatic heterocycles. The number of hydrogen-bond donors (Lipinski definition) is 4. The lowest BCUT2D eigenvalue weighted by atomic mass is 9.44. The van der Waals surface area contributed by atoms with Gasteiger partial charge in [0, 0.05) is 18.8 Å². The summed E-state index contributed by atoms with van der Waals surface area (Å²) in [5, 5.41) is 41.6. The van der Waals surface area contributed by atoms with E-state index in [-0.39, 0.29) is 41.8 Å². The number of fused-ring (bicyclic) bond motifs is 5. The van der Waals surface area contributed by atoms with Gasteiger partial charge in [-0.1, -0.05) is 20.8 Å². The first-order valence-electron chi connectivity index (χ1n) is 13.8. The van der Waals surface area contributed by atoms with Crippen molar-refractivity contribution in [2.75, 3.05) is 0 Å². The minimum atomic E-state index is -6.32. The van der Waals surface area contributed by atoms with Crippen LogP contribution in [-0.2, 0) is 4.79 Å². The number of hydrogen-bond acceptors (Lipinski definition) is 5. The summed E-state index contributed by atoms with van der Waals surface area (Å²) in [4.78, 5) is 13.3. The zero-order valence-electron chi connectivity index (χ0n) is 22.3. The topological polar surface area (TPSA) is 98.0 Å². The molecule has 5 nitrogen and oxygen atoms in total. The predicted octanol–water partition coefficient (Wildman–Crippen LogP) is 4.74. The Hall–Kier alpha value is -0.980. The van der Waals surface area contributed by atoms with E-state index >= 15 is 0 Å². The molecule has 4 N–H and O–H groups in total. The monoisotopic (exact) mass is 576 g/mol. The number of carbonyl (C=O) groups excluding carboxylic acids is 1. The molecule has 39 heavy (non-hydrogen) atoms. The number of alkyl halides is 7. The van der Waals surface area contributed by atoms with Crippen molar-refractivity contribution in [3.8, 4) is 0 Å². The van der Waals surface area contributed by atoms with Crippen LogP contribution in [0.2, 0.25) is 0 Å². The SMILES string of the molecule is C[C@H]([C@@H](O)[C@H](O)CC(F)(C(F)(F)F)C(F)(F)F)[C@H]1CC[C@H]2[C@@H]3CC(=O)[C@H]4C[C@H](O)[C@H](O)C[C@]4(C)[C@H]3CC[C@]12C. The molecule has 0 spiro atoms. The van der Waals surface area contributed by atoms with Crippen LogP contribution >= 0.6 is 0 Å². The molecule has 12 atom stereocenters. The molecule has 0 unspecified atom stereocenters. The lowest BCUT2D eigenvalue weighted by Crippen LogP contribution is -2.60. The fourth-order valence-electron chi connectivity index (χ4n) is 9.37. The standard InChI is InChI=1S/C27H39F7O5/c1-12(22(39)21(38)11-25(28,26(29,30)31)27(32,33)34)14-4-5-15-13-8-18(35)17-9-19(36)20(37)10-24(17,3)16(13)6-7-23(14,15)2/h12-17,19-22,36-39H,4-11H2,1-3H3/t12-,13-,14+,15-,16-,17+,19-,20+,21+,22+,23+,24+/m0/s1. The molecule has 0 aromatic carbocycles. The Bertz CT molecular complexity index is 926. The van der Waals surface area contributed by atoms with Gasteiger partial charge in [0.15, 0.2) is 0 Å². The van der Waals surface area contributed by atoms with E-state index in [4.69, 9.17) is 0 Å². The Kier molecular flexibility index (Phi) is 7.78. The average molecular weight is 577 g/mol. The number of ketones is 1. The van der Waals surface area contributed by atoms with E-state index in [0.29, 0.717) is 38.5 Å². The second kappa shape index (κ2) is 9.80. The molecule has 0 heterocycles. The normalized spacial score (nSPS) is 43.7. The molecule has 0 saturated heterocycles. The number of Topliss-reactive ketones (excluding diaryl/α,β-unsaturated/α-hetero) is 1. The molecule has 0 aromatic rings. The maximum Gasteiger partial charge on any atom is 0.431 e. The highest BCUT2D eigenvalue weighted by Crippen LogP contribution is 2.68. The van der Waals surface area contributed by atoms with Gasteiger partial charge < -0.3 is 20.4 Å². The van der Waals surface area contributed by atoms with Gasteiger partial charge in [0.2, 0.25) is 0 Å². The van der Waals surface area contributed by atoms with E-state index < -0.39 is 65.6 Å². The second-order valence-electron chi connectivity index (χ2n) is 13.3. The van der Waals surface area contributed by atoms with Crippen molar-refractivity contribution in [1.82, 2.24) is 0 Å². The van der Waals surface area contributed by atoms with Crippen LogP contribution in [0.5, 0.6) is 0 Å². The summed E-state index contributed by atoms with van der Waals surface area (Å²) in [7, 11) is 0. The maximum atomic E-state index is 14.3. The largest absolute Gasteiger partial charge is 0.431 e. The van der Waals surface area contributed by atoms with Gasteiger partial charge in [-0.25, -0.2) is 4.39 Å². The van der Waals surface area contributed by atoms with Crippen molar-refractivity contribution in [3.63, 3.8) is 0 Å². The Labute approximate surface area is 223 Å². The van der Waals surface area contributed by atoms with Gasteiger partial charge in [-0.3, -0.25) is 4.79 Å². The Morgan fingerprint density at radius 1 is 0.897 bits per heavy atom. The molecule has 4 aliphatic carbocycles. The molecular formula is C27H39F7O5. The van der Waals surface area contributed by atoms with Crippen molar-refractivity contribution >= 4 is 5.78 Å². The fraction of sp³-hybridized carbons (Fsp3) is 0.963. The highest BCUT2D eigenvalue weighted by Gasteiger charge is 2.73. The van der Waals surface area contributed by atoms with E-state index in [9.17, 15) is 56.0 Å². The van der Waals surface area contributed by atoms with Crippen molar-refractivity contribution < 1.29 is 56.0 Å². The first-order chi connectivity index (χ1) is 17.7. The van der Waals surface area contributed by atoms with Crippen molar-refractivity contribution in [3.05, 3.63) is 0 Å². The lowest BCUT2D eigenvalue weighted by Gasteiger charge is -2.61. The summed E-state index contributed by atoms with van der Waals surface area (Å²) < 4.78 is 92.5. The minimum Gasteiger partial charge on any atom is -0.390 e. The lowest BCUT2D eigenvalue weighted by molar-refractivity contribution is -0.349. The zero-order chi connectivity index (χ0) is 29.5. The van der Waals surface area contributed by atoms with Gasteiger partial charge in [-0.05, 0) is 78.9 Å². The molecule has 4 aliphatic rings. The summed E-state index contributed by atoms with van der Waals surface area (Å²) >= 11 is 0. The van der Waals surface area contributed by atoms with Crippen molar-refractivity contribution in [1.29, 1.82) is 0 Å². The molecule has 0 radical (unpaired) electrons. The number of halogens is 7. The second-order valence-corrected chi connectivity index (χ2v) is 13.3. The Balaban J connectivity index is 1.53. The first kappa shape index (κ1) is 31.0. The van der Waals surface area contributed by atoms with Crippen LogP contribution in [0, 0.1) is 46.3 Å². The third kappa shape index (κ3) is 4.73. The number of rotatable bonds is 5. The Morgan fingerprint density at radius 3 is 2.03 bits per heavy atom. The highest BCUT2D eigenvalue weighted by atomic mass is 19.4. The third-order valence-corrected chi connectivity index (χ3v) is 11.5. The van der Waals surface area contributed by atoms with Crippen molar-refractivity contribution in [2.24, 2.45) is 46.3 Å². The van der Waals surface area contributed by atoms with Crippen LogP contribution in [0.4, 0.5) is 30.7 Å². The molecule has 0 amide bonds. The van der Waals surface area contributed by atoms with Crippen LogP contribution < -0.4 is 0 Å².